The summed E-state index contributed by atoms with van der Waals surface area (Å²) in [5, 5.41) is 19.5. The van der Waals surface area contributed by atoms with E-state index in [1.54, 1.807) is 0 Å². The van der Waals surface area contributed by atoms with E-state index in [4.69, 9.17) is 29.4 Å². The summed E-state index contributed by atoms with van der Waals surface area (Å²) < 4.78 is 0. The number of hydrogen-bond donors (Lipinski definition) is 2. The van der Waals surface area contributed by atoms with Crippen molar-refractivity contribution in [2.75, 3.05) is 42.4 Å². The Morgan fingerprint density at radius 3 is 1.28 bits per heavy atom. The van der Waals surface area contributed by atoms with Crippen LogP contribution in [0.15, 0.2) is 0 Å². The van der Waals surface area contributed by atoms with Crippen LogP contribution in [0.3, 0.4) is 0 Å². The van der Waals surface area contributed by atoms with Crippen molar-refractivity contribution in [1.29, 1.82) is 0 Å². The first-order chi connectivity index (χ1) is 7.95. The lowest BCUT2D eigenvalue weighted by atomic mass is 11.4. The molecule has 0 radical (unpaired) electrons. The number of hydrogen-bond acceptors (Lipinski definition) is 8. The molecule has 108 valence electrons. The molecule has 4 atom stereocenters. The molecule has 18 heavy (non-hydrogen) atoms. The summed E-state index contributed by atoms with van der Waals surface area (Å²) in [5.41, 5.74) is 0. The lowest BCUT2D eigenvalue weighted by Gasteiger charge is -2.32. The van der Waals surface area contributed by atoms with E-state index in [1.165, 1.54) is 28.3 Å². The molecule has 1 heterocycles. The molecule has 1 aliphatic rings. The predicted octanol–water partition coefficient (Wildman–Crippen LogP) is -0.926. The molecule has 2 N–H and O–H groups in total. The molecule has 12 nitrogen and oxygen atoms in total. The SMILES string of the molecule is CO[N+]1(C)O[N+](C)(O)O[N+](C)(O)O[N+](C)(OC)O1. The van der Waals surface area contributed by atoms with Crippen molar-refractivity contribution in [1.82, 2.24) is 0 Å². The summed E-state index contributed by atoms with van der Waals surface area (Å²) in [5.74, 6) is 0. The van der Waals surface area contributed by atoms with Gasteiger partial charge in [-0.1, -0.05) is 0 Å². The van der Waals surface area contributed by atoms with Gasteiger partial charge in [0.15, 0.2) is 28.2 Å². The summed E-state index contributed by atoms with van der Waals surface area (Å²) >= 11 is 0. The van der Waals surface area contributed by atoms with Gasteiger partial charge < -0.3 is 0 Å². The first-order valence-corrected chi connectivity index (χ1v) is 4.83. The van der Waals surface area contributed by atoms with Crippen molar-refractivity contribution in [3.05, 3.63) is 0 Å². The molecule has 0 aromatic heterocycles. The summed E-state index contributed by atoms with van der Waals surface area (Å²) in [4.78, 5) is 24.4. The highest BCUT2D eigenvalue weighted by atomic mass is 17.5. The van der Waals surface area contributed by atoms with Gasteiger partial charge in [0.05, 0.1) is 0 Å². The lowest BCUT2D eigenvalue weighted by molar-refractivity contribution is -1.75. The van der Waals surface area contributed by atoms with Gasteiger partial charge in [0.2, 0.25) is 19.9 Å². The Bertz CT molecular complexity index is 286. The Morgan fingerprint density at radius 2 is 1.00 bits per heavy atom. The van der Waals surface area contributed by atoms with Crippen LogP contribution in [0.25, 0.3) is 0 Å². The van der Waals surface area contributed by atoms with Crippen LogP contribution in [0.2, 0.25) is 0 Å². The molecule has 0 bridgehead atoms. The minimum Gasteiger partial charge on any atom is -0.137 e. The molecule has 0 amide bonds. The van der Waals surface area contributed by atoms with Crippen LogP contribution in [-0.4, -0.2) is 72.7 Å². The van der Waals surface area contributed by atoms with Gasteiger partial charge in [-0.3, -0.25) is 0 Å². The Labute approximate surface area is 103 Å². The molecule has 0 aromatic carbocycles. The monoisotopic (exact) mass is 276 g/mol. The number of quaternary nitrogens is 4. The van der Waals surface area contributed by atoms with Gasteiger partial charge in [0, 0.05) is 0 Å². The van der Waals surface area contributed by atoms with Gasteiger partial charge in [-0.2, -0.15) is 0 Å². The second kappa shape index (κ2) is 4.57. The maximum atomic E-state index is 9.74. The van der Waals surface area contributed by atoms with E-state index in [0.29, 0.717) is 0 Å². The zero-order valence-corrected chi connectivity index (χ0v) is 11.1. The largest absolute Gasteiger partial charge is 0.213 e. The molecule has 1 fully saturated rings. The smallest absolute Gasteiger partial charge is 0.137 e. The first kappa shape index (κ1) is 15.6. The average molecular weight is 276 g/mol. The fourth-order valence-electron chi connectivity index (χ4n) is 1.29. The van der Waals surface area contributed by atoms with Gasteiger partial charge in [0.25, 0.3) is 0 Å². The van der Waals surface area contributed by atoms with Crippen molar-refractivity contribution in [3.8, 4) is 0 Å². The van der Waals surface area contributed by atoms with Crippen molar-refractivity contribution in [2.24, 2.45) is 0 Å². The highest BCUT2D eigenvalue weighted by Gasteiger charge is 2.64. The predicted molar refractivity (Wildman–Crippen MR) is 46.7 cm³/mol. The second-order valence-electron chi connectivity index (χ2n) is 3.84. The Morgan fingerprint density at radius 1 is 0.667 bits per heavy atom. The molecular weight excluding hydrogens is 256 g/mol. The summed E-state index contributed by atoms with van der Waals surface area (Å²) in [6.07, 6.45) is 0. The number of rotatable bonds is 2. The van der Waals surface area contributed by atoms with Crippen LogP contribution in [0.5, 0.6) is 0 Å². The third-order valence-corrected chi connectivity index (χ3v) is 1.86. The zero-order valence-electron chi connectivity index (χ0n) is 11.1. The van der Waals surface area contributed by atoms with Crippen molar-refractivity contribution < 1.29 is 59.7 Å². The minimum absolute atomic E-state index is 1.05. The van der Waals surface area contributed by atoms with Crippen LogP contribution in [-0.2, 0) is 29.4 Å². The van der Waals surface area contributed by atoms with Crippen LogP contribution < -0.4 is 0 Å². The highest BCUT2D eigenvalue weighted by molar-refractivity contribution is 3.62. The van der Waals surface area contributed by atoms with E-state index in [2.05, 4.69) is 0 Å². The molecule has 0 spiro atoms. The molecule has 1 aliphatic heterocycles. The minimum atomic E-state index is -1.57. The molecule has 0 aromatic rings. The highest BCUT2D eigenvalue weighted by Crippen LogP contribution is 2.26. The van der Waals surface area contributed by atoms with Crippen molar-refractivity contribution >= 4 is 0 Å². The van der Waals surface area contributed by atoms with Gasteiger partial charge >= 0.3 is 0 Å². The standard InChI is InChI=1S/C6H20N4O8/c1-7(11)15-8(2,12)17-10(4,14-6)18-9(3,13-5)16-7/h11-12H,1-6H3/q+4. The topological polar surface area (TPSA) is 95.8 Å². The van der Waals surface area contributed by atoms with E-state index in [1.807, 2.05) is 0 Å². The Balaban J connectivity index is 3.07. The molecule has 4 unspecified atom stereocenters. The maximum Gasteiger partial charge on any atom is 0.213 e. The molecule has 0 aliphatic carbocycles. The van der Waals surface area contributed by atoms with Crippen molar-refractivity contribution in [2.45, 2.75) is 0 Å². The number of hydroxylamine groups is 12. The fourth-order valence-corrected chi connectivity index (χ4v) is 1.29. The maximum absolute atomic E-state index is 9.74. The normalized spacial score (nSPS) is 50.7. The lowest BCUT2D eigenvalue weighted by Crippen LogP contribution is -2.69. The molecular formula is C6H20N4O8+4. The summed E-state index contributed by atoms with van der Waals surface area (Å²) in [6.45, 7) is 0. The van der Waals surface area contributed by atoms with Crippen LogP contribution in [0, 0.1) is 0 Å². The number of nitrogens with zero attached hydrogens (tertiary/aromatic N) is 4. The molecule has 12 heteroatoms. The van der Waals surface area contributed by atoms with Gasteiger partial charge in [0.1, 0.15) is 34.0 Å². The van der Waals surface area contributed by atoms with E-state index in [0.717, 1.165) is 14.1 Å². The third kappa shape index (κ3) is 3.75. The Hall–Kier alpha value is -0.480. The van der Waals surface area contributed by atoms with E-state index < -0.39 is 19.9 Å². The van der Waals surface area contributed by atoms with Gasteiger partial charge in [-0.25, -0.2) is 0 Å². The van der Waals surface area contributed by atoms with E-state index in [-0.39, 0.29) is 0 Å². The summed E-state index contributed by atoms with van der Waals surface area (Å²) in [6, 6.07) is 0. The second-order valence-corrected chi connectivity index (χ2v) is 3.84. The molecule has 0 saturated carbocycles. The van der Waals surface area contributed by atoms with Gasteiger partial charge in [-0.05, 0) is 0 Å². The first-order valence-electron chi connectivity index (χ1n) is 4.83. The van der Waals surface area contributed by atoms with E-state index >= 15 is 0 Å². The van der Waals surface area contributed by atoms with Crippen LogP contribution >= 0.6 is 0 Å². The van der Waals surface area contributed by atoms with E-state index in [9.17, 15) is 10.4 Å². The fraction of sp³-hybridized carbons (Fsp3) is 1.00. The van der Waals surface area contributed by atoms with Crippen LogP contribution in [0.4, 0.5) is 0 Å². The summed E-state index contributed by atoms with van der Waals surface area (Å²) in [7, 11) is 7.15. The Kier molecular flexibility index (Phi) is 3.95. The third-order valence-electron chi connectivity index (χ3n) is 1.86. The zero-order chi connectivity index (χ0) is 14.2. The quantitative estimate of drug-likeness (QED) is 0.625. The molecule has 1 rings (SSSR count). The van der Waals surface area contributed by atoms with Crippen molar-refractivity contribution in [3.63, 3.8) is 0 Å². The molecule has 1 saturated heterocycles. The van der Waals surface area contributed by atoms with Gasteiger partial charge in [-0.15, -0.1) is 20.1 Å². The average Bonchev–Trinajstić information content (AvgIpc) is 2.11. The van der Waals surface area contributed by atoms with Crippen LogP contribution in [0.1, 0.15) is 0 Å².